The summed E-state index contributed by atoms with van der Waals surface area (Å²) in [5, 5.41) is 17.5. The molecular weight excluding hydrogens is 422 g/mol. The molecule has 1 aliphatic heterocycles. The van der Waals surface area contributed by atoms with Crippen molar-refractivity contribution >= 4 is 23.7 Å². The predicted molar refractivity (Wildman–Crippen MR) is 113 cm³/mol. The highest BCUT2D eigenvalue weighted by molar-refractivity contribution is 6.29. The summed E-state index contributed by atoms with van der Waals surface area (Å²) in [5.74, 6) is 0.0230. The number of piperidine rings is 1. The van der Waals surface area contributed by atoms with Crippen LogP contribution in [0.1, 0.15) is 56.1 Å². The lowest BCUT2D eigenvalue weighted by atomic mass is 9.89. The summed E-state index contributed by atoms with van der Waals surface area (Å²) in [6.45, 7) is 3.75. The van der Waals surface area contributed by atoms with E-state index in [1.807, 2.05) is 25.1 Å². The second-order valence-corrected chi connectivity index (χ2v) is 8.65. The van der Waals surface area contributed by atoms with Gasteiger partial charge in [-0.3, -0.25) is 4.90 Å². The van der Waals surface area contributed by atoms with E-state index in [-0.39, 0.29) is 23.3 Å². The largest absolute Gasteiger partial charge is 0.480 e. The van der Waals surface area contributed by atoms with Crippen LogP contribution in [0.25, 0.3) is 0 Å². The molecule has 2 fully saturated rings. The number of aryl methyl sites for hydroxylation is 1. The van der Waals surface area contributed by atoms with E-state index >= 15 is 0 Å². The molecule has 1 atom stereocenters. The third-order valence-corrected chi connectivity index (χ3v) is 6.11. The number of rotatable bonds is 5. The maximum Gasteiger partial charge on any atom is 0.416 e. The molecule has 2 aromatic rings. The van der Waals surface area contributed by atoms with E-state index in [9.17, 15) is 14.7 Å². The van der Waals surface area contributed by atoms with Gasteiger partial charge in [-0.2, -0.15) is 0 Å². The Balaban J connectivity index is 1.63. The number of carbonyl (C=O) groups is 2. The number of carboxylic acids is 1. The third-order valence-electron chi connectivity index (χ3n) is 5.93. The van der Waals surface area contributed by atoms with Crippen molar-refractivity contribution in [3.8, 4) is 17.4 Å². The number of para-hydroxylation sites is 1. The van der Waals surface area contributed by atoms with Crippen molar-refractivity contribution < 1.29 is 24.2 Å². The van der Waals surface area contributed by atoms with Gasteiger partial charge in [-0.15, -0.1) is 10.2 Å². The molecule has 4 rings (SSSR count). The Morgan fingerprint density at radius 1 is 1.26 bits per heavy atom. The van der Waals surface area contributed by atoms with E-state index in [0.29, 0.717) is 24.5 Å². The lowest BCUT2D eigenvalue weighted by molar-refractivity contribution is -0.151. The number of benzene rings is 1. The lowest BCUT2D eigenvalue weighted by Gasteiger charge is -2.40. The topological polar surface area (TPSA) is 102 Å². The molecule has 0 bridgehead atoms. The first kappa shape index (κ1) is 21.4. The normalized spacial score (nSPS) is 20.9. The average molecular weight is 446 g/mol. The molecule has 31 heavy (non-hydrogen) atoms. The van der Waals surface area contributed by atoms with Crippen LogP contribution in [0.3, 0.4) is 0 Å². The number of ether oxygens (including phenoxy) is 2. The van der Waals surface area contributed by atoms with Crippen LogP contribution in [0.2, 0.25) is 5.15 Å². The Kier molecular flexibility index (Phi) is 5.75. The Hall–Kier alpha value is -2.87. The smallest absolute Gasteiger partial charge is 0.416 e. The average Bonchev–Trinajstić information content (AvgIpc) is 3.56. The minimum Gasteiger partial charge on any atom is -0.480 e. The van der Waals surface area contributed by atoms with Crippen LogP contribution in [-0.4, -0.2) is 44.4 Å². The first-order chi connectivity index (χ1) is 14.8. The SMILES string of the molecule is Cc1cccc(C2CC2)c1Oc1nnc(Cl)cc1OC(=O)N1CCCCC1(C)C(=O)O. The lowest BCUT2D eigenvalue weighted by Crippen LogP contribution is -2.58. The van der Waals surface area contributed by atoms with Crippen LogP contribution in [0.15, 0.2) is 24.3 Å². The van der Waals surface area contributed by atoms with Crippen LogP contribution in [0.4, 0.5) is 4.79 Å². The summed E-state index contributed by atoms with van der Waals surface area (Å²) >= 11 is 5.99. The second kappa shape index (κ2) is 8.34. The first-order valence-corrected chi connectivity index (χ1v) is 10.7. The van der Waals surface area contributed by atoms with Crippen molar-refractivity contribution in [1.82, 2.24) is 15.1 Å². The number of aliphatic carboxylic acids is 1. The van der Waals surface area contributed by atoms with Gasteiger partial charge in [0.1, 0.15) is 11.3 Å². The van der Waals surface area contributed by atoms with Crippen molar-refractivity contribution in [1.29, 1.82) is 0 Å². The molecule has 1 unspecified atom stereocenters. The van der Waals surface area contributed by atoms with Gasteiger partial charge in [0.25, 0.3) is 5.88 Å². The fourth-order valence-electron chi connectivity index (χ4n) is 3.90. The van der Waals surface area contributed by atoms with Crippen LogP contribution in [-0.2, 0) is 4.79 Å². The molecule has 0 radical (unpaired) electrons. The molecule has 1 N–H and O–H groups in total. The van der Waals surface area contributed by atoms with E-state index in [4.69, 9.17) is 21.1 Å². The number of likely N-dealkylation sites (tertiary alicyclic amines) is 1. The fraction of sp³-hybridized carbons (Fsp3) is 0.455. The number of halogens is 1. The minimum absolute atomic E-state index is 0.00277. The summed E-state index contributed by atoms with van der Waals surface area (Å²) in [6, 6.07) is 7.27. The molecule has 9 heteroatoms. The van der Waals surface area contributed by atoms with Crippen molar-refractivity contribution in [3.05, 3.63) is 40.5 Å². The number of hydrogen-bond acceptors (Lipinski definition) is 6. The van der Waals surface area contributed by atoms with Crippen LogP contribution in [0.5, 0.6) is 17.4 Å². The van der Waals surface area contributed by atoms with Gasteiger partial charge < -0.3 is 14.6 Å². The van der Waals surface area contributed by atoms with Crippen molar-refractivity contribution in [2.24, 2.45) is 0 Å². The Morgan fingerprint density at radius 3 is 2.74 bits per heavy atom. The van der Waals surface area contributed by atoms with Crippen molar-refractivity contribution in [3.63, 3.8) is 0 Å². The van der Waals surface area contributed by atoms with Gasteiger partial charge in [-0.1, -0.05) is 29.8 Å². The summed E-state index contributed by atoms with van der Waals surface area (Å²) in [6.07, 6.45) is 3.17. The van der Waals surface area contributed by atoms with Gasteiger partial charge in [0.15, 0.2) is 10.9 Å². The molecule has 1 amide bonds. The zero-order chi connectivity index (χ0) is 22.2. The maximum absolute atomic E-state index is 12.9. The second-order valence-electron chi connectivity index (χ2n) is 8.26. The molecule has 1 saturated heterocycles. The number of amides is 1. The van der Waals surface area contributed by atoms with Gasteiger partial charge in [0, 0.05) is 12.6 Å². The number of hydrogen-bond donors (Lipinski definition) is 1. The maximum atomic E-state index is 12.9. The van der Waals surface area contributed by atoms with Crippen molar-refractivity contribution in [2.45, 2.75) is 57.4 Å². The van der Waals surface area contributed by atoms with E-state index < -0.39 is 17.6 Å². The standard InChI is InChI=1S/C22H24ClN3O5/c1-13-6-5-7-15(14-8-9-14)18(13)31-19-16(12-17(23)24-25-19)30-21(29)26-11-4-3-10-22(26,2)20(27)28/h5-7,12,14H,3-4,8-11H2,1-2H3,(H,27,28). The molecule has 1 saturated carbocycles. The molecule has 164 valence electrons. The van der Waals surface area contributed by atoms with Crippen molar-refractivity contribution in [2.75, 3.05) is 6.54 Å². The molecule has 1 aliphatic carbocycles. The van der Waals surface area contributed by atoms with Crippen LogP contribution in [0, 0.1) is 6.92 Å². The quantitative estimate of drug-likeness (QED) is 0.695. The van der Waals surface area contributed by atoms with E-state index in [1.165, 1.54) is 17.9 Å². The van der Waals surface area contributed by atoms with Gasteiger partial charge >= 0.3 is 12.1 Å². The summed E-state index contributed by atoms with van der Waals surface area (Å²) in [5.41, 5.74) is 0.659. The third kappa shape index (κ3) is 4.30. The molecule has 1 aromatic carbocycles. The molecule has 2 heterocycles. The van der Waals surface area contributed by atoms with Gasteiger partial charge in [-0.05, 0) is 63.0 Å². The highest BCUT2D eigenvalue weighted by atomic mass is 35.5. The molecule has 8 nitrogen and oxygen atoms in total. The predicted octanol–water partition coefficient (Wildman–Crippen LogP) is 4.94. The molecular formula is C22H24ClN3O5. The Morgan fingerprint density at radius 2 is 2.03 bits per heavy atom. The number of carboxylic acid groups (broad SMARTS) is 1. The number of carbonyl (C=O) groups excluding carboxylic acids is 1. The monoisotopic (exact) mass is 445 g/mol. The molecule has 2 aliphatic rings. The van der Waals surface area contributed by atoms with Crippen LogP contribution < -0.4 is 9.47 Å². The molecule has 0 spiro atoms. The Bertz CT molecular complexity index is 1030. The van der Waals surface area contributed by atoms with Gasteiger partial charge in [0.05, 0.1) is 0 Å². The zero-order valence-electron chi connectivity index (χ0n) is 17.4. The first-order valence-electron chi connectivity index (χ1n) is 10.3. The van der Waals surface area contributed by atoms with Gasteiger partial charge in [0.2, 0.25) is 0 Å². The van der Waals surface area contributed by atoms with E-state index in [0.717, 1.165) is 30.4 Å². The summed E-state index contributed by atoms with van der Waals surface area (Å²) < 4.78 is 11.6. The summed E-state index contributed by atoms with van der Waals surface area (Å²) in [7, 11) is 0. The Labute approximate surface area is 185 Å². The van der Waals surface area contributed by atoms with Crippen LogP contribution >= 0.6 is 11.6 Å². The number of nitrogens with zero attached hydrogens (tertiary/aromatic N) is 3. The fourth-order valence-corrected chi connectivity index (χ4v) is 4.03. The minimum atomic E-state index is -1.34. The highest BCUT2D eigenvalue weighted by Crippen LogP contribution is 2.47. The molecule has 1 aromatic heterocycles. The number of aromatic nitrogens is 2. The van der Waals surface area contributed by atoms with E-state index in [1.54, 1.807) is 0 Å². The van der Waals surface area contributed by atoms with E-state index in [2.05, 4.69) is 10.2 Å². The summed E-state index contributed by atoms with van der Waals surface area (Å²) in [4.78, 5) is 26.0. The highest BCUT2D eigenvalue weighted by Gasteiger charge is 2.45. The van der Waals surface area contributed by atoms with Gasteiger partial charge in [-0.25, -0.2) is 9.59 Å². The zero-order valence-corrected chi connectivity index (χ0v) is 18.2.